The number of halogens is 1. The molecule has 3 N–H and O–H groups in total. The molecule has 0 radical (unpaired) electrons. The molecule has 178 valence electrons. The summed E-state index contributed by atoms with van der Waals surface area (Å²) in [6.45, 7) is 1.35. The van der Waals surface area contributed by atoms with Gasteiger partial charge >= 0.3 is 0 Å². The lowest BCUT2D eigenvalue weighted by molar-refractivity contribution is 0.190. The summed E-state index contributed by atoms with van der Waals surface area (Å²) < 4.78 is 30.8. The Bertz CT molecular complexity index is 1150. The second kappa shape index (κ2) is 11.0. The molecule has 1 aliphatic heterocycles. The van der Waals surface area contributed by atoms with E-state index in [0.29, 0.717) is 39.7 Å². The van der Waals surface area contributed by atoms with E-state index in [1.54, 1.807) is 6.07 Å². The maximum Gasteiger partial charge on any atom is 0.171 e. The summed E-state index contributed by atoms with van der Waals surface area (Å²) in [5, 5.41) is 29.8. The molecule has 1 heterocycles. The van der Waals surface area contributed by atoms with Gasteiger partial charge in [-0.15, -0.1) is 0 Å². The lowest BCUT2D eigenvalue weighted by Gasteiger charge is -2.20. The first-order chi connectivity index (χ1) is 15.7. The number of hydrogen-bond acceptors (Lipinski definition) is 6. The number of allylic oxidation sites excluding steroid dienone is 1. The minimum absolute atomic E-state index is 0.0865. The topological polar surface area (TPSA) is 104 Å². The first-order valence-corrected chi connectivity index (χ1v) is 13.6. The minimum atomic E-state index is -3.49. The van der Waals surface area contributed by atoms with Crippen molar-refractivity contribution in [3.63, 3.8) is 0 Å². The number of hydrogen-bond donors (Lipinski definition) is 3. The highest BCUT2D eigenvalue weighted by Crippen LogP contribution is 2.36. The van der Waals surface area contributed by atoms with Gasteiger partial charge in [-0.2, -0.15) is 0 Å². The van der Waals surface area contributed by atoms with Gasteiger partial charge in [0.1, 0.15) is 5.25 Å². The van der Waals surface area contributed by atoms with E-state index in [1.807, 2.05) is 72.0 Å². The summed E-state index contributed by atoms with van der Waals surface area (Å²) in [5.41, 5.74) is 3.93. The molecule has 3 rings (SSSR count). The number of phenols is 1. The second-order valence-electron chi connectivity index (χ2n) is 8.03. The molecule has 0 aromatic heterocycles. The van der Waals surface area contributed by atoms with Crippen molar-refractivity contribution >= 4 is 44.1 Å². The molecule has 6 nitrogen and oxygen atoms in total. The average Bonchev–Trinajstić information content (AvgIpc) is 3.08. The molecule has 2 aromatic rings. The molecule has 0 bridgehead atoms. The van der Waals surface area contributed by atoms with Gasteiger partial charge in [-0.05, 0) is 76.3 Å². The zero-order chi connectivity index (χ0) is 24.2. The largest absolute Gasteiger partial charge is 0.504 e. The van der Waals surface area contributed by atoms with Gasteiger partial charge in [0.2, 0.25) is 0 Å². The maximum absolute atomic E-state index is 12.4. The van der Waals surface area contributed by atoms with Gasteiger partial charge in [-0.3, -0.25) is 0 Å². The fraction of sp³-hybridized carbons (Fsp3) is 0.360. The van der Waals surface area contributed by atoms with Gasteiger partial charge in [-0.1, -0.05) is 48.9 Å². The summed E-state index contributed by atoms with van der Waals surface area (Å²) in [6, 6.07) is 13.4. The van der Waals surface area contributed by atoms with E-state index in [2.05, 4.69) is 0 Å². The lowest BCUT2D eigenvalue weighted by atomic mass is 9.92. The Morgan fingerprint density at radius 1 is 1.27 bits per heavy atom. The molecule has 0 saturated heterocycles. The van der Waals surface area contributed by atoms with Gasteiger partial charge < -0.3 is 20.1 Å². The first kappa shape index (κ1) is 25.7. The number of aliphatic hydroxyl groups excluding tert-OH is 2. The number of sulfone groups is 1. The Balaban J connectivity index is 1.93. The van der Waals surface area contributed by atoms with Crippen molar-refractivity contribution < 1.29 is 28.5 Å². The third kappa shape index (κ3) is 5.79. The van der Waals surface area contributed by atoms with Crippen molar-refractivity contribution in [2.45, 2.75) is 37.5 Å². The molecule has 1 aliphatic rings. The Labute approximate surface area is 208 Å². The number of ether oxygens (including phenoxy) is 1. The smallest absolute Gasteiger partial charge is 0.171 e. The van der Waals surface area contributed by atoms with Crippen LogP contribution >= 0.6 is 22.6 Å². The molecule has 0 unspecified atom stereocenters. The summed E-state index contributed by atoms with van der Waals surface area (Å²) in [7, 11) is -1.99. The molecule has 8 heteroatoms. The standard InChI is InChI=1S/C25H29IO6S/c1-3-17-15-33(30,31)23(14-27)24(17)21(28)10-9-19(18-7-5-4-6-8-18)11-16-12-20(26)25(29)22(13-16)32-2/h4-8,11-13,21,23,27-29H,3,9-10,14-15H2,1-2H3/b19-11-/t21-,23+/m1/s1. The Morgan fingerprint density at radius 2 is 1.97 bits per heavy atom. The molecular weight excluding hydrogens is 555 g/mol. The fourth-order valence-electron chi connectivity index (χ4n) is 4.25. The number of rotatable bonds is 9. The summed E-state index contributed by atoms with van der Waals surface area (Å²) in [6.07, 6.45) is 2.35. The van der Waals surface area contributed by atoms with Gasteiger partial charge in [0.25, 0.3) is 0 Å². The van der Waals surface area contributed by atoms with Crippen LogP contribution in [0.4, 0.5) is 0 Å². The van der Waals surface area contributed by atoms with Crippen molar-refractivity contribution in [2.75, 3.05) is 19.5 Å². The van der Waals surface area contributed by atoms with Crippen LogP contribution in [0.1, 0.15) is 37.3 Å². The molecule has 0 amide bonds. The maximum atomic E-state index is 12.4. The highest BCUT2D eigenvalue weighted by molar-refractivity contribution is 14.1. The van der Waals surface area contributed by atoms with Crippen LogP contribution in [0.25, 0.3) is 11.6 Å². The number of aromatic hydroxyl groups is 1. The number of methoxy groups -OCH3 is 1. The van der Waals surface area contributed by atoms with Crippen LogP contribution in [0.2, 0.25) is 0 Å². The second-order valence-corrected chi connectivity index (χ2v) is 11.4. The summed E-state index contributed by atoms with van der Waals surface area (Å²) in [4.78, 5) is 0. The van der Waals surface area contributed by atoms with E-state index in [1.165, 1.54) is 7.11 Å². The molecular formula is C25H29IO6S. The minimum Gasteiger partial charge on any atom is -0.504 e. The Hall–Kier alpha value is -1.88. The van der Waals surface area contributed by atoms with Crippen LogP contribution in [-0.4, -0.2) is 54.6 Å². The van der Waals surface area contributed by atoms with E-state index in [9.17, 15) is 23.7 Å². The monoisotopic (exact) mass is 584 g/mol. The van der Waals surface area contributed by atoms with Gasteiger partial charge in [0.15, 0.2) is 21.3 Å². The van der Waals surface area contributed by atoms with E-state index in [4.69, 9.17) is 4.74 Å². The van der Waals surface area contributed by atoms with Crippen LogP contribution in [0.5, 0.6) is 11.5 Å². The van der Waals surface area contributed by atoms with Crippen molar-refractivity contribution in [3.8, 4) is 11.5 Å². The zero-order valence-electron chi connectivity index (χ0n) is 18.7. The SMILES string of the molecule is CCC1=C([C@H](O)CC/C(=C/c2cc(I)c(O)c(OC)c2)c2ccccc2)[C@H](CO)S(=O)(=O)C1. The van der Waals surface area contributed by atoms with Crippen molar-refractivity contribution in [3.05, 3.63) is 68.3 Å². The van der Waals surface area contributed by atoms with Crippen molar-refractivity contribution in [1.82, 2.24) is 0 Å². The molecule has 0 aliphatic carbocycles. The normalized spacial score (nSPS) is 19.1. The molecule has 0 fully saturated rings. The van der Waals surface area contributed by atoms with E-state index in [-0.39, 0.29) is 11.5 Å². The Morgan fingerprint density at radius 3 is 2.58 bits per heavy atom. The lowest BCUT2D eigenvalue weighted by Crippen LogP contribution is -2.29. The predicted molar refractivity (Wildman–Crippen MR) is 139 cm³/mol. The van der Waals surface area contributed by atoms with E-state index in [0.717, 1.165) is 16.7 Å². The van der Waals surface area contributed by atoms with E-state index < -0.39 is 27.8 Å². The van der Waals surface area contributed by atoms with Crippen LogP contribution < -0.4 is 4.74 Å². The molecule has 2 atom stereocenters. The summed E-state index contributed by atoms with van der Waals surface area (Å²) >= 11 is 2.05. The predicted octanol–water partition coefficient (Wildman–Crippen LogP) is 4.18. The third-order valence-electron chi connectivity index (χ3n) is 5.96. The van der Waals surface area contributed by atoms with E-state index >= 15 is 0 Å². The van der Waals surface area contributed by atoms with Crippen molar-refractivity contribution in [2.24, 2.45) is 0 Å². The third-order valence-corrected chi connectivity index (χ3v) is 8.80. The van der Waals surface area contributed by atoms with Crippen LogP contribution in [0, 0.1) is 3.57 Å². The molecule has 0 saturated carbocycles. The summed E-state index contributed by atoms with van der Waals surface area (Å²) in [5.74, 6) is 0.359. The highest BCUT2D eigenvalue weighted by atomic mass is 127. The molecule has 0 spiro atoms. The van der Waals surface area contributed by atoms with Crippen molar-refractivity contribution in [1.29, 1.82) is 0 Å². The number of phenolic OH excluding ortho intramolecular Hbond substituents is 1. The molecule has 33 heavy (non-hydrogen) atoms. The molecule has 2 aromatic carbocycles. The van der Waals surface area contributed by atoms with Crippen LogP contribution in [-0.2, 0) is 9.84 Å². The number of aliphatic hydroxyl groups is 2. The van der Waals surface area contributed by atoms with Crippen LogP contribution in [0.15, 0.2) is 53.6 Å². The van der Waals surface area contributed by atoms with Gasteiger partial charge in [-0.25, -0.2) is 8.42 Å². The average molecular weight is 584 g/mol. The fourth-order valence-corrected chi connectivity index (χ4v) is 6.87. The van der Waals surface area contributed by atoms with Gasteiger partial charge in [0, 0.05) is 0 Å². The zero-order valence-corrected chi connectivity index (χ0v) is 21.6. The van der Waals surface area contributed by atoms with Gasteiger partial charge in [0.05, 0.1) is 29.1 Å². The highest BCUT2D eigenvalue weighted by Gasteiger charge is 2.40. The quantitative estimate of drug-likeness (QED) is 0.232. The van der Waals surface area contributed by atoms with Crippen LogP contribution in [0.3, 0.4) is 0 Å². The first-order valence-electron chi connectivity index (χ1n) is 10.8. The number of benzene rings is 2. The Kier molecular flexibility index (Phi) is 8.60.